The highest BCUT2D eigenvalue weighted by molar-refractivity contribution is 6.32. The summed E-state index contributed by atoms with van der Waals surface area (Å²) in [4.78, 5) is 0. The number of hydrogen-bond donors (Lipinski definition) is 0. The third-order valence-corrected chi connectivity index (χ3v) is 2.70. The first kappa shape index (κ1) is 10.2. The van der Waals surface area contributed by atoms with Crippen molar-refractivity contribution in [2.24, 2.45) is 0 Å². The van der Waals surface area contributed by atoms with E-state index in [1.54, 1.807) is 0 Å². The number of nitrogens with zero attached hydrogens (tertiary/aromatic N) is 2. The molecule has 0 amide bonds. The monoisotopic (exact) mass is 220 g/mol. The number of hydrogen-bond acceptors (Lipinski definition) is 1. The Balaban J connectivity index is 2.54. The normalized spacial score (nSPS) is 10.6. The molecular formula is C12H13ClN2. The maximum absolute atomic E-state index is 6.12. The van der Waals surface area contributed by atoms with E-state index in [0.29, 0.717) is 0 Å². The largest absolute Gasteiger partial charge is 0.236 e. The molecule has 0 spiro atoms. The van der Waals surface area contributed by atoms with E-state index in [9.17, 15) is 0 Å². The van der Waals surface area contributed by atoms with Crippen molar-refractivity contribution in [1.29, 1.82) is 0 Å². The summed E-state index contributed by atoms with van der Waals surface area (Å²) in [6, 6.07) is 9.83. The molecule has 0 fully saturated rings. The van der Waals surface area contributed by atoms with E-state index in [2.05, 4.69) is 18.1 Å². The van der Waals surface area contributed by atoms with Gasteiger partial charge < -0.3 is 0 Å². The lowest BCUT2D eigenvalue weighted by molar-refractivity contribution is 0.818. The molecule has 3 heteroatoms. The fourth-order valence-electron chi connectivity index (χ4n) is 1.58. The third kappa shape index (κ3) is 1.90. The number of rotatable bonds is 2. The van der Waals surface area contributed by atoms with E-state index in [0.717, 1.165) is 28.5 Å². The van der Waals surface area contributed by atoms with Crippen molar-refractivity contribution in [1.82, 2.24) is 9.78 Å². The predicted molar refractivity (Wildman–Crippen MR) is 62.7 cm³/mol. The number of halogens is 1. The maximum atomic E-state index is 6.12. The lowest BCUT2D eigenvalue weighted by Gasteiger charge is -2.05. The van der Waals surface area contributed by atoms with Crippen LogP contribution in [0, 0.1) is 6.92 Å². The molecule has 15 heavy (non-hydrogen) atoms. The molecule has 1 aromatic carbocycles. The molecule has 0 N–H and O–H groups in total. The summed E-state index contributed by atoms with van der Waals surface area (Å²) in [6.45, 7) is 4.13. The topological polar surface area (TPSA) is 17.8 Å². The van der Waals surface area contributed by atoms with E-state index in [4.69, 9.17) is 11.6 Å². The van der Waals surface area contributed by atoms with Gasteiger partial charge in [-0.3, -0.25) is 0 Å². The van der Waals surface area contributed by atoms with Crippen molar-refractivity contribution in [3.8, 4) is 5.69 Å². The quantitative estimate of drug-likeness (QED) is 0.759. The lowest BCUT2D eigenvalue weighted by Crippen LogP contribution is -1.99. The molecule has 2 aromatic rings. The molecule has 2 rings (SSSR count). The Labute approximate surface area is 94.5 Å². The van der Waals surface area contributed by atoms with Gasteiger partial charge >= 0.3 is 0 Å². The molecular weight excluding hydrogens is 208 g/mol. The highest BCUT2D eigenvalue weighted by atomic mass is 35.5. The summed E-state index contributed by atoms with van der Waals surface area (Å²) in [5.74, 6) is 0. The van der Waals surface area contributed by atoms with Crippen LogP contribution in [0.4, 0.5) is 0 Å². The molecule has 0 bridgehead atoms. The first-order valence-corrected chi connectivity index (χ1v) is 5.40. The lowest BCUT2D eigenvalue weighted by atomic mass is 10.3. The van der Waals surface area contributed by atoms with Crippen LogP contribution in [0.5, 0.6) is 0 Å². The van der Waals surface area contributed by atoms with E-state index in [1.165, 1.54) is 0 Å². The minimum Gasteiger partial charge on any atom is -0.236 e. The van der Waals surface area contributed by atoms with E-state index in [-0.39, 0.29) is 0 Å². The second-order valence-corrected chi connectivity index (χ2v) is 3.90. The van der Waals surface area contributed by atoms with Gasteiger partial charge in [-0.25, -0.2) is 4.68 Å². The van der Waals surface area contributed by atoms with Crippen LogP contribution < -0.4 is 0 Å². The van der Waals surface area contributed by atoms with Crippen LogP contribution >= 0.6 is 11.6 Å². The molecule has 0 aliphatic carbocycles. The highest BCUT2D eigenvalue weighted by Gasteiger charge is 2.07. The summed E-state index contributed by atoms with van der Waals surface area (Å²) in [5.41, 5.74) is 3.14. The third-order valence-electron chi connectivity index (χ3n) is 2.38. The maximum Gasteiger partial charge on any atom is 0.0834 e. The Morgan fingerprint density at radius 2 is 2.07 bits per heavy atom. The van der Waals surface area contributed by atoms with E-state index >= 15 is 0 Å². The highest BCUT2D eigenvalue weighted by Crippen LogP contribution is 2.21. The smallest absolute Gasteiger partial charge is 0.0834 e. The average molecular weight is 221 g/mol. The summed E-state index contributed by atoms with van der Waals surface area (Å²) < 4.78 is 1.89. The summed E-state index contributed by atoms with van der Waals surface area (Å²) >= 11 is 6.12. The standard InChI is InChI=1S/C12H13ClN2/c1-3-10-8-9(2)15(14-10)12-7-5-4-6-11(12)13/h4-8H,3H2,1-2H3. The van der Waals surface area contributed by atoms with Gasteiger partial charge in [0.05, 0.1) is 16.4 Å². The van der Waals surface area contributed by atoms with Crippen molar-refractivity contribution in [3.63, 3.8) is 0 Å². The molecule has 1 aromatic heterocycles. The zero-order valence-corrected chi connectivity index (χ0v) is 9.62. The van der Waals surface area contributed by atoms with E-state index < -0.39 is 0 Å². The first-order valence-electron chi connectivity index (χ1n) is 5.03. The second-order valence-electron chi connectivity index (χ2n) is 3.49. The van der Waals surface area contributed by atoms with Crippen LogP contribution in [0.2, 0.25) is 5.02 Å². The second kappa shape index (κ2) is 4.07. The SMILES string of the molecule is CCc1cc(C)n(-c2ccccc2Cl)n1. The fraction of sp³-hybridized carbons (Fsp3) is 0.250. The molecule has 0 unspecified atom stereocenters. The van der Waals surface area contributed by atoms with Crippen molar-refractivity contribution < 1.29 is 0 Å². The van der Waals surface area contributed by atoms with Gasteiger partial charge in [-0.05, 0) is 31.5 Å². The molecule has 78 valence electrons. The predicted octanol–water partition coefficient (Wildman–Crippen LogP) is 3.40. The van der Waals surface area contributed by atoms with Gasteiger partial charge in [0.2, 0.25) is 0 Å². The van der Waals surface area contributed by atoms with Gasteiger partial charge in [-0.2, -0.15) is 5.10 Å². The van der Waals surface area contributed by atoms with Crippen LogP contribution in [0.3, 0.4) is 0 Å². The summed E-state index contributed by atoms with van der Waals surface area (Å²) in [7, 11) is 0. The molecule has 1 heterocycles. The van der Waals surface area contributed by atoms with E-state index in [1.807, 2.05) is 35.9 Å². The number of aromatic nitrogens is 2. The minimum atomic E-state index is 0.728. The summed E-state index contributed by atoms with van der Waals surface area (Å²) in [6.07, 6.45) is 0.943. The molecule has 2 nitrogen and oxygen atoms in total. The Morgan fingerprint density at radius 3 is 2.67 bits per heavy atom. The minimum absolute atomic E-state index is 0.728. The zero-order chi connectivity index (χ0) is 10.8. The molecule has 0 saturated carbocycles. The van der Waals surface area contributed by atoms with Gasteiger partial charge in [0, 0.05) is 5.69 Å². The average Bonchev–Trinajstić information content (AvgIpc) is 2.60. The van der Waals surface area contributed by atoms with Gasteiger partial charge in [0.25, 0.3) is 0 Å². The molecule has 0 radical (unpaired) electrons. The van der Waals surface area contributed by atoms with Crippen molar-refractivity contribution >= 4 is 11.6 Å². The Hall–Kier alpha value is -1.28. The van der Waals surface area contributed by atoms with Gasteiger partial charge in [0.1, 0.15) is 0 Å². The number of benzene rings is 1. The van der Waals surface area contributed by atoms with Crippen LogP contribution in [0.1, 0.15) is 18.3 Å². The molecule has 0 atom stereocenters. The Kier molecular flexibility index (Phi) is 2.78. The van der Waals surface area contributed by atoms with Gasteiger partial charge in [-0.15, -0.1) is 0 Å². The van der Waals surface area contributed by atoms with Crippen LogP contribution in [0.15, 0.2) is 30.3 Å². The van der Waals surface area contributed by atoms with Crippen LogP contribution in [0.25, 0.3) is 5.69 Å². The van der Waals surface area contributed by atoms with Crippen molar-refractivity contribution in [3.05, 3.63) is 46.7 Å². The summed E-state index contributed by atoms with van der Waals surface area (Å²) in [5, 5.41) is 5.22. The Bertz CT molecular complexity index is 474. The zero-order valence-electron chi connectivity index (χ0n) is 8.87. The van der Waals surface area contributed by atoms with Crippen LogP contribution in [-0.2, 0) is 6.42 Å². The Morgan fingerprint density at radius 1 is 1.33 bits per heavy atom. The fourth-order valence-corrected chi connectivity index (χ4v) is 1.79. The molecule has 0 aliphatic heterocycles. The van der Waals surface area contributed by atoms with Crippen molar-refractivity contribution in [2.45, 2.75) is 20.3 Å². The van der Waals surface area contributed by atoms with Crippen molar-refractivity contribution in [2.75, 3.05) is 0 Å². The van der Waals surface area contributed by atoms with Gasteiger partial charge in [-0.1, -0.05) is 30.7 Å². The van der Waals surface area contributed by atoms with Crippen LogP contribution in [-0.4, -0.2) is 9.78 Å². The van der Waals surface area contributed by atoms with Gasteiger partial charge in [0.15, 0.2) is 0 Å². The number of para-hydroxylation sites is 1. The molecule has 0 aliphatic rings. The first-order chi connectivity index (χ1) is 7.22. The molecule has 0 saturated heterocycles. The number of aryl methyl sites for hydroxylation is 2.